The van der Waals surface area contributed by atoms with Crippen molar-refractivity contribution in [3.05, 3.63) is 48.5 Å². The Kier molecular flexibility index (Phi) is 2.39. The topological polar surface area (TPSA) is 106 Å². The quantitative estimate of drug-likeness (QED) is 0.441. The SMILES string of the molecule is Nc1n[nH]c2cc(-n3c4ccccc4c4c(O)cccc43)nnc12. The Morgan fingerprint density at radius 2 is 1.83 bits per heavy atom. The van der Waals surface area contributed by atoms with E-state index in [0.717, 1.165) is 21.8 Å². The number of aromatic amines is 1. The summed E-state index contributed by atoms with van der Waals surface area (Å²) in [5, 5.41) is 27.4. The molecule has 24 heavy (non-hydrogen) atoms. The number of fused-ring (bicyclic) bond motifs is 4. The number of nitrogens with two attached hydrogens (primary N) is 1. The number of phenols is 1. The van der Waals surface area contributed by atoms with Crippen LogP contribution in [0.1, 0.15) is 0 Å². The van der Waals surface area contributed by atoms with Gasteiger partial charge in [0, 0.05) is 16.8 Å². The highest BCUT2D eigenvalue weighted by atomic mass is 16.3. The lowest BCUT2D eigenvalue weighted by molar-refractivity contribution is 0.482. The molecule has 0 unspecified atom stereocenters. The van der Waals surface area contributed by atoms with E-state index in [2.05, 4.69) is 20.4 Å². The van der Waals surface area contributed by atoms with Crippen LogP contribution in [-0.2, 0) is 0 Å². The molecule has 4 N–H and O–H groups in total. The van der Waals surface area contributed by atoms with E-state index in [1.807, 2.05) is 47.0 Å². The summed E-state index contributed by atoms with van der Waals surface area (Å²) >= 11 is 0. The van der Waals surface area contributed by atoms with Crippen LogP contribution in [0.25, 0.3) is 38.7 Å². The summed E-state index contributed by atoms with van der Waals surface area (Å²) in [7, 11) is 0. The summed E-state index contributed by atoms with van der Waals surface area (Å²) < 4.78 is 1.97. The maximum absolute atomic E-state index is 10.3. The molecule has 0 aliphatic heterocycles. The predicted octanol–water partition coefficient (Wildman–Crippen LogP) is 2.74. The molecule has 7 heteroatoms. The number of para-hydroxylation sites is 1. The molecule has 0 aliphatic rings. The minimum Gasteiger partial charge on any atom is -0.507 e. The van der Waals surface area contributed by atoms with Gasteiger partial charge in [-0.2, -0.15) is 5.10 Å². The fraction of sp³-hybridized carbons (Fsp3) is 0. The first-order chi connectivity index (χ1) is 11.7. The van der Waals surface area contributed by atoms with Gasteiger partial charge in [0.1, 0.15) is 5.75 Å². The number of hydrogen-bond donors (Lipinski definition) is 3. The van der Waals surface area contributed by atoms with Crippen molar-refractivity contribution in [1.82, 2.24) is 25.0 Å². The van der Waals surface area contributed by atoms with E-state index in [0.29, 0.717) is 22.7 Å². The van der Waals surface area contributed by atoms with Gasteiger partial charge in [0.2, 0.25) is 0 Å². The van der Waals surface area contributed by atoms with Crippen molar-refractivity contribution in [2.45, 2.75) is 0 Å². The second-order valence-corrected chi connectivity index (χ2v) is 5.60. The lowest BCUT2D eigenvalue weighted by Crippen LogP contribution is -1.99. The first kappa shape index (κ1) is 12.9. The minimum atomic E-state index is 0.238. The van der Waals surface area contributed by atoms with Gasteiger partial charge < -0.3 is 10.8 Å². The zero-order valence-corrected chi connectivity index (χ0v) is 12.4. The van der Waals surface area contributed by atoms with Crippen LogP contribution in [0.2, 0.25) is 0 Å². The van der Waals surface area contributed by atoms with Crippen LogP contribution >= 0.6 is 0 Å². The van der Waals surface area contributed by atoms with Crippen molar-refractivity contribution in [3.8, 4) is 11.6 Å². The summed E-state index contributed by atoms with van der Waals surface area (Å²) in [4.78, 5) is 0. The van der Waals surface area contributed by atoms with Crippen LogP contribution in [0.15, 0.2) is 48.5 Å². The molecule has 7 nitrogen and oxygen atoms in total. The first-order valence-electron chi connectivity index (χ1n) is 7.43. The second-order valence-electron chi connectivity index (χ2n) is 5.60. The lowest BCUT2D eigenvalue weighted by Gasteiger charge is -2.05. The molecule has 2 aromatic carbocycles. The van der Waals surface area contributed by atoms with Gasteiger partial charge in [-0.3, -0.25) is 9.67 Å². The van der Waals surface area contributed by atoms with Gasteiger partial charge in [-0.05, 0) is 18.2 Å². The minimum absolute atomic E-state index is 0.238. The number of aromatic hydroxyl groups is 1. The first-order valence-corrected chi connectivity index (χ1v) is 7.43. The average molecular weight is 316 g/mol. The summed E-state index contributed by atoms with van der Waals surface area (Å²) in [6, 6.07) is 15.2. The smallest absolute Gasteiger partial charge is 0.173 e. The zero-order chi connectivity index (χ0) is 16.3. The number of rotatable bonds is 1. The molecule has 0 amide bonds. The third kappa shape index (κ3) is 1.58. The number of anilines is 1. The Morgan fingerprint density at radius 1 is 1.00 bits per heavy atom. The van der Waals surface area contributed by atoms with Crippen LogP contribution in [0.4, 0.5) is 5.82 Å². The summed E-state index contributed by atoms with van der Waals surface area (Å²) in [5.74, 6) is 1.19. The summed E-state index contributed by atoms with van der Waals surface area (Å²) in [6.45, 7) is 0. The van der Waals surface area contributed by atoms with Crippen molar-refractivity contribution in [1.29, 1.82) is 0 Å². The molecule has 3 aromatic heterocycles. The second kappa shape index (κ2) is 4.45. The van der Waals surface area contributed by atoms with Crippen LogP contribution < -0.4 is 5.73 Å². The van der Waals surface area contributed by atoms with E-state index in [1.54, 1.807) is 6.07 Å². The van der Waals surface area contributed by atoms with Gasteiger partial charge in [0.05, 0.1) is 16.6 Å². The normalized spacial score (nSPS) is 11.7. The molecule has 5 aromatic rings. The molecule has 5 rings (SSSR count). The number of hydrogen-bond acceptors (Lipinski definition) is 5. The summed E-state index contributed by atoms with van der Waals surface area (Å²) in [5.41, 5.74) is 8.82. The highest BCUT2D eigenvalue weighted by molar-refractivity contribution is 6.12. The maximum atomic E-state index is 10.3. The average Bonchev–Trinajstić information content (AvgIpc) is 3.13. The van der Waals surface area contributed by atoms with Crippen molar-refractivity contribution in [2.24, 2.45) is 0 Å². The third-order valence-corrected chi connectivity index (χ3v) is 4.23. The van der Waals surface area contributed by atoms with Crippen molar-refractivity contribution < 1.29 is 5.11 Å². The van der Waals surface area contributed by atoms with Crippen LogP contribution in [0.5, 0.6) is 5.75 Å². The van der Waals surface area contributed by atoms with Gasteiger partial charge >= 0.3 is 0 Å². The molecule has 116 valence electrons. The Labute approximate surface area is 135 Å². The Bertz CT molecular complexity index is 1240. The van der Waals surface area contributed by atoms with Crippen molar-refractivity contribution >= 4 is 38.7 Å². The van der Waals surface area contributed by atoms with Gasteiger partial charge in [-0.25, -0.2) is 0 Å². The van der Waals surface area contributed by atoms with Gasteiger partial charge in [-0.15, -0.1) is 10.2 Å². The molecule has 3 heterocycles. The van der Waals surface area contributed by atoms with E-state index in [4.69, 9.17) is 5.73 Å². The van der Waals surface area contributed by atoms with Crippen LogP contribution in [0.3, 0.4) is 0 Å². The Morgan fingerprint density at radius 3 is 2.75 bits per heavy atom. The number of nitrogens with zero attached hydrogens (tertiary/aromatic N) is 4. The van der Waals surface area contributed by atoms with Crippen molar-refractivity contribution in [2.75, 3.05) is 5.73 Å². The zero-order valence-electron chi connectivity index (χ0n) is 12.4. The monoisotopic (exact) mass is 316 g/mol. The molecular formula is C17H12N6O. The largest absolute Gasteiger partial charge is 0.507 e. The van der Waals surface area contributed by atoms with E-state index in [9.17, 15) is 5.11 Å². The molecule has 0 fully saturated rings. The molecule has 0 aliphatic carbocycles. The molecular weight excluding hydrogens is 304 g/mol. The van der Waals surface area contributed by atoms with Crippen LogP contribution in [-0.4, -0.2) is 30.1 Å². The predicted molar refractivity (Wildman–Crippen MR) is 92.1 cm³/mol. The molecule has 0 radical (unpaired) electrons. The Balaban J connectivity index is 1.94. The van der Waals surface area contributed by atoms with E-state index >= 15 is 0 Å². The van der Waals surface area contributed by atoms with Crippen molar-refractivity contribution in [3.63, 3.8) is 0 Å². The number of aromatic nitrogens is 5. The van der Waals surface area contributed by atoms with E-state index in [-0.39, 0.29) is 5.75 Å². The van der Waals surface area contributed by atoms with Gasteiger partial charge in [-0.1, -0.05) is 24.3 Å². The molecule has 0 spiro atoms. The standard InChI is InChI=1S/C17H12N6O/c18-17-16-10(19-22-17)8-14(20-21-16)23-11-5-2-1-4-9(11)15-12(23)6-3-7-13(15)24/h1-8,24H,(H3,18,19,22). The highest BCUT2D eigenvalue weighted by Crippen LogP contribution is 2.36. The summed E-state index contributed by atoms with van der Waals surface area (Å²) in [6.07, 6.45) is 0. The van der Waals surface area contributed by atoms with Gasteiger partial charge in [0.25, 0.3) is 0 Å². The fourth-order valence-corrected chi connectivity index (χ4v) is 3.19. The molecule has 0 atom stereocenters. The number of nitrogens with one attached hydrogen (secondary N) is 1. The number of phenolic OH excluding ortho intramolecular Hbond substituents is 1. The molecule has 0 saturated carbocycles. The third-order valence-electron chi connectivity index (χ3n) is 4.23. The Hall–Kier alpha value is -3.61. The number of nitrogen functional groups attached to an aromatic ring is 1. The number of H-pyrrole nitrogens is 1. The molecule has 0 bridgehead atoms. The van der Waals surface area contributed by atoms with E-state index < -0.39 is 0 Å². The highest BCUT2D eigenvalue weighted by Gasteiger charge is 2.16. The van der Waals surface area contributed by atoms with E-state index in [1.165, 1.54) is 0 Å². The maximum Gasteiger partial charge on any atom is 0.173 e. The van der Waals surface area contributed by atoms with Crippen LogP contribution in [0, 0.1) is 0 Å². The lowest BCUT2D eigenvalue weighted by atomic mass is 10.1. The fourth-order valence-electron chi connectivity index (χ4n) is 3.19. The van der Waals surface area contributed by atoms with Gasteiger partial charge in [0.15, 0.2) is 17.2 Å². The molecule has 0 saturated heterocycles. The number of benzene rings is 2.